The summed E-state index contributed by atoms with van der Waals surface area (Å²) in [6.07, 6.45) is 9.82. The molecule has 0 radical (unpaired) electrons. The molecule has 1 aliphatic rings. The topological polar surface area (TPSA) is 26.2 Å². The second kappa shape index (κ2) is 6.82. The van der Waals surface area contributed by atoms with Crippen molar-refractivity contribution < 1.29 is 4.74 Å². The third-order valence-electron chi connectivity index (χ3n) is 3.42. The average molecular weight is 236 g/mol. The van der Waals surface area contributed by atoms with Crippen molar-refractivity contribution in [2.75, 3.05) is 13.2 Å². The van der Waals surface area contributed by atoms with Crippen molar-refractivity contribution in [3.05, 3.63) is 24.0 Å². The van der Waals surface area contributed by atoms with Gasteiger partial charge >= 0.3 is 0 Å². The quantitative estimate of drug-likeness (QED) is 0.768. The first-order valence-corrected chi connectivity index (χ1v) is 6.85. The zero-order chi connectivity index (χ0) is 11.9. The molecule has 0 amide bonds. The van der Waals surface area contributed by atoms with E-state index in [1.807, 2.05) is 0 Å². The molecule has 3 nitrogen and oxygen atoms in total. The first-order chi connectivity index (χ1) is 8.38. The van der Waals surface area contributed by atoms with Crippen LogP contribution in [-0.2, 0) is 17.8 Å². The Bertz CT molecular complexity index is 316. The minimum atomic E-state index is 0.497. The van der Waals surface area contributed by atoms with Crippen molar-refractivity contribution in [1.29, 1.82) is 0 Å². The van der Waals surface area contributed by atoms with E-state index in [0.717, 1.165) is 32.7 Å². The molecule has 2 heterocycles. The Kier molecular flexibility index (Phi) is 5.08. The third kappa shape index (κ3) is 4.17. The highest BCUT2D eigenvalue weighted by molar-refractivity contribution is 5.09. The summed E-state index contributed by atoms with van der Waals surface area (Å²) in [7, 11) is 0. The van der Waals surface area contributed by atoms with E-state index in [9.17, 15) is 0 Å². The Balaban J connectivity index is 1.59. The van der Waals surface area contributed by atoms with Crippen LogP contribution in [0.1, 0.15) is 38.2 Å². The number of hydrogen-bond acceptors (Lipinski definition) is 2. The highest BCUT2D eigenvalue weighted by atomic mass is 16.5. The Hall–Kier alpha value is -0.800. The highest BCUT2D eigenvalue weighted by Gasteiger charge is 2.12. The maximum Gasteiger partial charge on any atom is 0.0587 e. The van der Waals surface area contributed by atoms with E-state index >= 15 is 0 Å². The third-order valence-corrected chi connectivity index (χ3v) is 3.42. The summed E-state index contributed by atoms with van der Waals surface area (Å²) in [6.45, 7) is 6.21. The van der Waals surface area contributed by atoms with E-state index in [1.165, 1.54) is 24.8 Å². The zero-order valence-corrected chi connectivity index (χ0v) is 10.8. The lowest BCUT2D eigenvalue weighted by Gasteiger charge is -2.22. The van der Waals surface area contributed by atoms with Gasteiger partial charge in [-0.05, 0) is 50.8 Å². The molecular formula is C14H24N2O. The van der Waals surface area contributed by atoms with Crippen molar-refractivity contribution in [2.24, 2.45) is 0 Å². The fraction of sp³-hybridized carbons (Fsp3) is 0.714. The van der Waals surface area contributed by atoms with Crippen LogP contribution in [0.5, 0.6) is 0 Å². The standard InChI is InChI=1S/C14H24N2O/c1-2-16-9-7-13(12-16)11-15-8-6-14-5-3-4-10-17-14/h7,9,12,14-15H,2-6,8,10-11H2,1H3. The van der Waals surface area contributed by atoms with Crippen LogP contribution in [0.25, 0.3) is 0 Å². The summed E-state index contributed by atoms with van der Waals surface area (Å²) in [5.41, 5.74) is 1.37. The number of nitrogens with one attached hydrogen (secondary N) is 1. The van der Waals surface area contributed by atoms with Crippen LogP contribution in [0.15, 0.2) is 18.5 Å². The molecule has 0 aliphatic carbocycles. The molecule has 1 aromatic rings. The average Bonchev–Trinajstić information content (AvgIpc) is 2.84. The Morgan fingerprint density at radius 2 is 2.41 bits per heavy atom. The van der Waals surface area contributed by atoms with E-state index in [0.29, 0.717) is 6.10 Å². The van der Waals surface area contributed by atoms with Gasteiger partial charge in [0.05, 0.1) is 6.10 Å². The molecule has 0 aromatic carbocycles. The highest BCUT2D eigenvalue weighted by Crippen LogP contribution is 2.14. The van der Waals surface area contributed by atoms with E-state index in [2.05, 4.69) is 35.3 Å². The molecule has 1 atom stereocenters. The fourth-order valence-corrected chi connectivity index (χ4v) is 2.32. The maximum absolute atomic E-state index is 5.71. The first-order valence-electron chi connectivity index (χ1n) is 6.85. The van der Waals surface area contributed by atoms with Gasteiger partial charge in [0.15, 0.2) is 0 Å². The lowest BCUT2D eigenvalue weighted by Crippen LogP contribution is -2.25. The van der Waals surface area contributed by atoms with Gasteiger partial charge in [0.2, 0.25) is 0 Å². The summed E-state index contributed by atoms with van der Waals surface area (Å²) in [6, 6.07) is 2.19. The molecule has 2 rings (SSSR count). The van der Waals surface area contributed by atoms with Crippen LogP contribution >= 0.6 is 0 Å². The molecule has 17 heavy (non-hydrogen) atoms. The number of aromatic nitrogens is 1. The van der Waals surface area contributed by atoms with E-state index in [4.69, 9.17) is 4.74 Å². The molecule has 1 unspecified atom stereocenters. The van der Waals surface area contributed by atoms with Gasteiger partial charge in [0, 0.05) is 32.1 Å². The van der Waals surface area contributed by atoms with Crippen LogP contribution in [0, 0.1) is 0 Å². The molecule has 1 fully saturated rings. The largest absolute Gasteiger partial charge is 0.378 e. The summed E-state index contributed by atoms with van der Waals surface area (Å²) < 4.78 is 7.92. The van der Waals surface area contributed by atoms with Crippen LogP contribution < -0.4 is 5.32 Å². The first kappa shape index (κ1) is 12.7. The predicted octanol–water partition coefficient (Wildman–Crippen LogP) is 2.56. The van der Waals surface area contributed by atoms with Gasteiger partial charge < -0.3 is 14.6 Å². The molecular weight excluding hydrogens is 212 g/mol. The Morgan fingerprint density at radius 3 is 3.12 bits per heavy atom. The summed E-state index contributed by atoms with van der Waals surface area (Å²) in [4.78, 5) is 0. The van der Waals surface area contributed by atoms with Gasteiger partial charge in [-0.15, -0.1) is 0 Å². The second-order valence-electron chi connectivity index (χ2n) is 4.80. The van der Waals surface area contributed by atoms with E-state index < -0.39 is 0 Å². The number of aryl methyl sites for hydroxylation is 1. The van der Waals surface area contributed by atoms with Crippen LogP contribution in [0.4, 0.5) is 0 Å². The Labute approximate surface area is 104 Å². The smallest absolute Gasteiger partial charge is 0.0587 e. The molecule has 1 saturated heterocycles. The van der Waals surface area contributed by atoms with E-state index in [1.54, 1.807) is 0 Å². The number of hydrogen-bond donors (Lipinski definition) is 1. The van der Waals surface area contributed by atoms with Crippen molar-refractivity contribution in [3.8, 4) is 0 Å². The van der Waals surface area contributed by atoms with Crippen LogP contribution in [0.3, 0.4) is 0 Å². The van der Waals surface area contributed by atoms with Crippen molar-refractivity contribution in [2.45, 2.75) is 51.8 Å². The molecule has 0 saturated carbocycles. The minimum Gasteiger partial charge on any atom is -0.378 e. The zero-order valence-electron chi connectivity index (χ0n) is 10.8. The summed E-state index contributed by atoms with van der Waals surface area (Å²) in [5.74, 6) is 0. The fourth-order valence-electron chi connectivity index (χ4n) is 2.32. The molecule has 0 bridgehead atoms. The molecule has 1 N–H and O–H groups in total. The van der Waals surface area contributed by atoms with Gasteiger partial charge in [-0.2, -0.15) is 0 Å². The van der Waals surface area contributed by atoms with Gasteiger partial charge in [-0.25, -0.2) is 0 Å². The monoisotopic (exact) mass is 236 g/mol. The van der Waals surface area contributed by atoms with Crippen LogP contribution in [-0.4, -0.2) is 23.8 Å². The lowest BCUT2D eigenvalue weighted by molar-refractivity contribution is 0.0115. The molecule has 1 aromatic heterocycles. The number of nitrogens with zero attached hydrogens (tertiary/aromatic N) is 1. The molecule has 3 heteroatoms. The second-order valence-corrected chi connectivity index (χ2v) is 4.80. The van der Waals surface area contributed by atoms with Gasteiger partial charge in [-0.1, -0.05) is 0 Å². The number of rotatable bonds is 6. The van der Waals surface area contributed by atoms with Gasteiger partial charge in [0.1, 0.15) is 0 Å². The van der Waals surface area contributed by atoms with Gasteiger partial charge in [0.25, 0.3) is 0 Å². The van der Waals surface area contributed by atoms with Crippen molar-refractivity contribution in [3.63, 3.8) is 0 Å². The predicted molar refractivity (Wildman–Crippen MR) is 70.0 cm³/mol. The summed E-state index contributed by atoms with van der Waals surface area (Å²) in [5, 5.41) is 3.49. The number of ether oxygens (including phenoxy) is 1. The maximum atomic E-state index is 5.71. The minimum absolute atomic E-state index is 0.497. The molecule has 0 spiro atoms. The Morgan fingerprint density at radius 1 is 1.47 bits per heavy atom. The molecule has 96 valence electrons. The van der Waals surface area contributed by atoms with Gasteiger partial charge in [-0.3, -0.25) is 0 Å². The SMILES string of the molecule is CCn1ccc(CNCCC2CCCCO2)c1. The van der Waals surface area contributed by atoms with Crippen molar-refractivity contribution >= 4 is 0 Å². The van der Waals surface area contributed by atoms with Crippen molar-refractivity contribution in [1.82, 2.24) is 9.88 Å². The normalized spacial score (nSPS) is 20.6. The van der Waals surface area contributed by atoms with Crippen LogP contribution in [0.2, 0.25) is 0 Å². The molecule has 1 aliphatic heterocycles. The van der Waals surface area contributed by atoms with E-state index in [-0.39, 0.29) is 0 Å². The summed E-state index contributed by atoms with van der Waals surface area (Å²) >= 11 is 0. The lowest BCUT2D eigenvalue weighted by atomic mass is 10.1.